The molecule has 3 aromatic rings. The van der Waals surface area contributed by atoms with E-state index in [0.717, 1.165) is 11.1 Å². The minimum Gasteiger partial charge on any atom is -0.272 e. The van der Waals surface area contributed by atoms with Crippen LogP contribution in [0.2, 0.25) is 0 Å². The second-order valence-corrected chi connectivity index (χ2v) is 9.79. The van der Waals surface area contributed by atoms with Crippen molar-refractivity contribution in [2.45, 2.75) is 33.6 Å². The third-order valence-corrected chi connectivity index (χ3v) is 7.11. The van der Waals surface area contributed by atoms with Gasteiger partial charge in [-0.3, -0.25) is 19.7 Å². The van der Waals surface area contributed by atoms with Gasteiger partial charge in [-0.2, -0.15) is 10.2 Å². The molecule has 0 saturated carbocycles. The van der Waals surface area contributed by atoms with Crippen molar-refractivity contribution >= 4 is 40.3 Å². The largest absolute Gasteiger partial charge is 0.272 e. The SMILES string of the molecule is CC1=NN(c2ccc(C)cc2)C(=O)[C@H]1C(c1cccc([N+](=O)[O-])c1)[C@H]1C(=O)N(c2ccc(C)cc2)N=C1C. The highest BCUT2D eigenvalue weighted by molar-refractivity contribution is 6.19. The summed E-state index contributed by atoms with van der Waals surface area (Å²) in [6, 6.07) is 21.0. The summed E-state index contributed by atoms with van der Waals surface area (Å²) in [6.07, 6.45) is 0. The number of nitro groups is 1. The Morgan fingerprint density at radius 2 is 1.18 bits per heavy atom. The van der Waals surface area contributed by atoms with Crippen molar-refractivity contribution < 1.29 is 14.5 Å². The van der Waals surface area contributed by atoms with Gasteiger partial charge in [0, 0.05) is 29.5 Å². The van der Waals surface area contributed by atoms with Gasteiger partial charge in [-0.1, -0.05) is 47.5 Å². The van der Waals surface area contributed by atoms with Gasteiger partial charge in [0.1, 0.15) is 0 Å². The van der Waals surface area contributed by atoms with Crippen molar-refractivity contribution in [3.8, 4) is 0 Å². The summed E-state index contributed by atoms with van der Waals surface area (Å²) in [6.45, 7) is 7.42. The second kappa shape index (κ2) is 9.66. The number of hydrazone groups is 2. The number of carbonyl (C=O) groups excluding carboxylic acids is 2. The van der Waals surface area contributed by atoms with E-state index in [1.807, 2.05) is 62.4 Å². The summed E-state index contributed by atoms with van der Waals surface area (Å²) in [7, 11) is 0. The lowest BCUT2D eigenvalue weighted by atomic mass is 9.73. The van der Waals surface area contributed by atoms with Crippen molar-refractivity contribution in [3.63, 3.8) is 0 Å². The fourth-order valence-corrected chi connectivity index (χ4v) is 5.15. The summed E-state index contributed by atoms with van der Waals surface area (Å²) in [5, 5.41) is 23.5. The monoisotopic (exact) mass is 509 g/mol. The number of aryl methyl sites for hydroxylation is 2. The summed E-state index contributed by atoms with van der Waals surface area (Å²) >= 11 is 0. The smallest absolute Gasteiger partial charge is 0.269 e. The lowest BCUT2D eigenvalue weighted by Crippen LogP contribution is -2.40. The third-order valence-electron chi connectivity index (χ3n) is 7.11. The summed E-state index contributed by atoms with van der Waals surface area (Å²) < 4.78 is 0. The molecule has 3 atom stereocenters. The van der Waals surface area contributed by atoms with Crippen LogP contribution in [-0.2, 0) is 9.59 Å². The van der Waals surface area contributed by atoms with Crippen LogP contribution in [0.3, 0.4) is 0 Å². The van der Waals surface area contributed by atoms with E-state index >= 15 is 0 Å². The number of benzene rings is 3. The van der Waals surface area contributed by atoms with Crippen LogP contribution in [0.4, 0.5) is 17.1 Å². The van der Waals surface area contributed by atoms with Gasteiger partial charge in [0.2, 0.25) is 0 Å². The average Bonchev–Trinajstić information content (AvgIpc) is 3.36. The molecule has 5 rings (SSSR count). The molecule has 0 aromatic heterocycles. The topological polar surface area (TPSA) is 108 Å². The standard InChI is InChI=1S/C29H27N5O4/c1-17-8-12-22(13-9-17)32-28(35)25(19(3)30-32)27(21-6-5-7-24(16-21)34(37)38)26-20(4)31-33(29(26)36)23-14-10-18(2)11-15-23/h5-16,25-27H,1-4H3/t25-,26+,27?. The summed E-state index contributed by atoms with van der Waals surface area (Å²) in [5.74, 6) is -2.95. The first-order chi connectivity index (χ1) is 18.2. The first-order valence-corrected chi connectivity index (χ1v) is 12.3. The van der Waals surface area contributed by atoms with Gasteiger partial charge in [0.15, 0.2) is 0 Å². The van der Waals surface area contributed by atoms with E-state index in [2.05, 4.69) is 10.2 Å². The lowest BCUT2D eigenvalue weighted by Gasteiger charge is -2.28. The predicted octanol–water partition coefficient (Wildman–Crippen LogP) is 5.37. The molecule has 0 aliphatic carbocycles. The Bertz CT molecular complexity index is 1410. The minimum absolute atomic E-state index is 0.113. The van der Waals surface area contributed by atoms with Gasteiger partial charge in [-0.05, 0) is 57.5 Å². The number of rotatable bonds is 6. The first-order valence-electron chi connectivity index (χ1n) is 12.3. The highest BCUT2D eigenvalue weighted by Gasteiger charge is 2.50. The van der Waals surface area contributed by atoms with E-state index in [1.54, 1.807) is 26.0 Å². The number of hydrogen-bond acceptors (Lipinski definition) is 6. The number of nitro benzene ring substituents is 1. The fraction of sp³-hybridized carbons (Fsp3) is 0.241. The maximum atomic E-state index is 13.9. The molecule has 1 unspecified atom stereocenters. The van der Waals surface area contributed by atoms with E-state index in [9.17, 15) is 19.7 Å². The maximum Gasteiger partial charge on any atom is 0.269 e. The molecule has 38 heavy (non-hydrogen) atoms. The molecule has 2 heterocycles. The minimum atomic E-state index is -0.810. The van der Waals surface area contributed by atoms with E-state index in [-0.39, 0.29) is 17.5 Å². The van der Waals surface area contributed by atoms with E-state index in [1.165, 1.54) is 22.2 Å². The van der Waals surface area contributed by atoms with Gasteiger partial charge in [0.05, 0.1) is 28.1 Å². The lowest BCUT2D eigenvalue weighted by molar-refractivity contribution is -0.384. The number of carbonyl (C=O) groups is 2. The molecule has 0 saturated heterocycles. The molecule has 0 N–H and O–H groups in total. The van der Waals surface area contributed by atoms with Gasteiger partial charge in [0.25, 0.3) is 17.5 Å². The Kier molecular flexibility index (Phi) is 6.36. The number of nitrogens with zero attached hydrogens (tertiary/aromatic N) is 5. The molecular weight excluding hydrogens is 482 g/mol. The highest BCUT2D eigenvalue weighted by atomic mass is 16.6. The van der Waals surface area contributed by atoms with Crippen LogP contribution in [-0.4, -0.2) is 28.2 Å². The Hall–Kier alpha value is -4.66. The van der Waals surface area contributed by atoms with Crippen molar-refractivity contribution in [1.29, 1.82) is 0 Å². The molecule has 2 aliphatic heterocycles. The molecule has 9 nitrogen and oxygen atoms in total. The number of non-ortho nitro benzene ring substituents is 1. The number of hydrogen-bond donors (Lipinski definition) is 0. The van der Waals surface area contributed by atoms with E-state index in [4.69, 9.17) is 0 Å². The zero-order chi connectivity index (χ0) is 27.1. The average molecular weight is 510 g/mol. The van der Waals surface area contributed by atoms with E-state index < -0.39 is 22.7 Å². The third kappa shape index (κ3) is 4.36. The quantitative estimate of drug-likeness (QED) is 0.329. The molecule has 9 heteroatoms. The van der Waals surface area contributed by atoms with Gasteiger partial charge in [-0.15, -0.1) is 0 Å². The van der Waals surface area contributed by atoms with Crippen molar-refractivity contribution in [2.75, 3.05) is 10.0 Å². The van der Waals surface area contributed by atoms with E-state index in [0.29, 0.717) is 28.4 Å². The van der Waals surface area contributed by atoms with Crippen LogP contribution >= 0.6 is 0 Å². The zero-order valence-corrected chi connectivity index (χ0v) is 21.5. The zero-order valence-electron chi connectivity index (χ0n) is 21.5. The van der Waals surface area contributed by atoms with Crippen LogP contribution in [0.25, 0.3) is 0 Å². The molecular formula is C29H27N5O4. The van der Waals surface area contributed by atoms with Crippen LogP contribution in [0, 0.1) is 35.8 Å². The predicted molar refractivity (Wildman–Crippen MR) is 146 cm³/mol. The highest BCUT2D eigenvalue weighted by Crippen LogP contribution is 2.43. The molecule has 3 aromatic carbocycles. The van der Waals surface area contributed by atoms with Crippen LogP contribution < -0.4 is 10.0 Å². The summed E-state index contributed by atoms with van der Waals surface area (Å²) in [5.41, 5.74) is 4.78. The molecule has 0 radical (unpaired) electrons. The van der Waals surface area contributed by atoms with Crippen LogP contribution in [0.1, 0.15) is 36.5 Å². The molecule has 192 valence electrons. The number of amides is 2. The van der Waals surface area contributed by atoms with Crippen LogP contribution in [0.5, 0.6) is 0 Å². The molecule has 2 amide bonds. The van der Waals surface area contributed by atoms with Crippen molar-refractivity contribution in [3.05, 3.63) is 99.6 Å². The molecule has 0 fully saturated rings. The van der Waals surface area contributed by atoms with Crippen molar-refractivity contribution in [1.82, 2.24) is 0 Å². The molecule has 0 bridgehead atoms. The Morgan fingerprint density at radius 1 is 0.737 bits per heavy atom. The second-order valence-electron chi connectivity index (χ2n) is 9.79. The first kappa shape index (κ1) is 25.0. The number of anilines is 2. The van der Waals surface area contributed by atoms with Gasteiger partial charge in [-0.25, -0.2) is 10.0 Å². The van der Waals surface area contributed by atoms with Crippen LogP contribution in [0.15, 0.2) is 83.0 Å². The maximum absolute atomic E-state index is 13.9. The van der Waals surface area contributed by atoms with Gasteiger partial charge >= 0.3 is 0 Å². The fourth-order valence-electron chi connectivity index (χ4n) is 5.15. The van der Waals surface area contributed by atoms with Gasteiger partial charge < -0.3 is 0 Å². The molecule has 2 aliphatic rings. The van der Waals surface area contributed by atoms with Crippen molar-refractivity contribution in [2.24, 2.45) is 22.0 Å². The Labute approximate surface area is 220 Å². The normalized spacial score (nSPS) is 20.0. The Morgan fingerprint density at radius 3 is 1.61 bits per heavy atom. The molecule has 0 spiro atoms. The Balaban J connectivity index is 1.59. The summed E-state index contributed by atoms with van der Waals surface area (Å²) in [4.78, 5) is 38.9.